The molecule has 0 bridgehead atoms. The van der Waals surface area contributed by atoms with Crippen molar-refractivity contribution in [3.05, 3.63) is 29.8 Å². The highest BCUT2D eigenvalue weighted by Gasteiger charge is 2.15. The van der Waals surface area contributed by atoms with Crippen molar-refractivity contribution in [1.29, 1.82) is 0 Å². The van der Waals surface area contributed by atoms with E-state index in [1.54, 1.807) is 7.11 Å². The predicted octanol–water partition coefficient (Wildman–Crippen LogP) is 2.62. The largest absolute Gasteiger partial charge is 0.496 e. The van der Waals surface area contributed by atoms with Gasteiger partial charge in [0, 0.05) is 17.8 Å². The third kappa shape index (κ3) is 4.22. The molecule has 0 aromatic heterocycles. The highest BCUT2D eigenvalue weighted by Crippen LogP contribution is 2.18. The summed E-state index contributed by atoms with van der Waals surface area (Å²) in [5.41, 5.74) is 1.09. The Kier molecular flexibility index (Phi) is 5.99. The fraction of sp³-hybridized carbons (Fsp3) is 0.500. The van der Waals surface area contributed by atoms with E-state index >= 15 is 0 Å². The summed E-state index contributed by atoms with van der Waals surface area (Å²) < 4.78 is 5.29. The first-order valence-electron chi connectivity index (χ1n) is 6.06. The second-order valence-electron chi connectivity index (χ2n) is 4.48. The molecule has 3 nitrogen and oxygen atoms in total. The fourth-order valence-electron chi connectivity index (χ4n) is 1.71. The van der Waals surface area contributed by atoms with Gasteiger partial charge in [0.25, 0.3) is 0 Å². The average Bonchev–Trinajstić information content (AvgIpc) is 2.38. The van der Waals surface area contributed by atoms with Gasteiger partial charge in [-0.1, -0.05) is 25.1 Å². The van der Waals surface area contributed by atoms with Crippen molar-refractivity contribution >= 4 is 17.5 Å². The maximum atomic E-state index is 11.7. The van der Waals surface area contributed by atoms with Crippen LogP contribution in [0.25, 0.3) is 0 Å². The Bertz CT molecular complexity index is 395. The first-order chi connectivity index (χ1) is 8.58. The number of hydrogen-bond acceptors (Lipinski definition) is 2. The number of benzene rings is 1. The molecular formula is C14H20ClNO2. The lowest BCUT2D eigenvalue weighted by molar-refractivity contribution is -0.124. The molecule has 1 rings (SSSR count). The number of nitrogens with one attached hydrogen (secondary N) is 1. The Morgan fingerprint density at radius 1 is 1.39 bits per heavy atom. The Morgan fingerprint density at radius 3 is 2.67 bits per heavy atom. The summed E-state index contributed by atoms with van der Waals surface area (Å²) in [6.45, 7) is 3.80. The number of para-hydroxylation sites is 1. The topological polar surface area (TPSA) is 38.3 Å². The summed E-state index contributed by atoms with van der Waals surface area (Å²) in [4.78, 5) is 11.7. The van der Waals surface area contributed by atoms with Gasteiger partial charge in [-0.05, 0) is 25.0 Å². The molecule has 0 aliphatic heterocycles. The van der Waals surface area contributed by atoms with Crippen LogP contribution in [0.5, 0.6) is 5.75 Å². The summed E-state index contributed by atoms with van der Waals surface area (Å²) in [7, 11) is 1.65. The molecule has 0 heterocycles. The average molecular weight is 270 g/mol. The summed E-state index contributed by atoms with van der Waals surface area (Å²) >= 11 is 5.66. The Morgan fingerprint density at radius 2 is 2.06 bits per heavy atom. The summed E-state index contributed by atoms with van der Waals surface area (Å²) in [6, 6.07) is 7.88. The molecule has 0 fully saturated rings. The van der Waals surface area contributed by atoms with Crippen LogP contribution < -0.4 is 10.1 Å². The molecular weight excluding hydrogens is 250 g/mol. The molecule has 0 aliphatic rings. The number of hydrogen-bond donors (Lipinski definition) is 1. The van der Waals surface area contributed by atoms with E-state index in [1.165, 1.54) is 0 Å². The van der Waals surface area contributed by atoms with Crippen molar-refractivity contribution in [2.24, 2.45) is 5.92 Å². The molecule has 1 N–H and O–H groups in total. The van der Waals surface area contributed by atoms with Gasteiger partial charge in [0.2, 0.25) is 5.91 Å². The number of amides is 1. The van der Waals surface area contributed by atoms with Crippen LogP contribution in [0.4, 0.5) is 0 Å². The van der Waals surface area contributed by atoms with Gasteiger partial charge in [-0.25, -0.2) is 0 Å². The predicted molar refractivity (Wildman–Crippen MR) is 74.2 cm³/mol. The monoisotopic (exact) mass is 269 g/mol. The lowest BCUT2D eigenvalue weighted by Gasteiger charge is -2.17. The number of halogens is 1. The maximum Gasteiger partial charge on any atom is 0.224 e. The number of ether oxygens (including phenoxy) is 1. The molecule has 0 saturated carbocycles. The van der Waals surface area contributed by atoms with E-state index in [2.05, 4.69) is 5.32 Å². The van der Waals surface area contributed by atoms with Crippen LogP contribution in [-0.2, 0) is 11.2 Å². The zero-order chi connectivity index (χ0) is 13.5. The van der Waals surface area contributed by atoms with Crippen LogP contribution in [0.15, 0.2) is 24.3 Å². The van der Waals surface area contributed by atoms with Gasteiger partial charge in [-0.2, -0.15) is 0 Å². The van der Waals surface area contributed by atoms with Crippen molar-refractivity contribution < 1.29 is 9.53 Å². The van der Waals surface area contributed by atoms with Crippen LogP contribution in [0.2, 0.25) is 0 Å². The van der Waals surface area contributed by atoms with E-state index in [-0.39, 0.29) is 17.9 Å². The van der Waals surface area contributed by atoms with Crippen molar-refractivity contribution in [2.75, 3.05) is 13.0 Å². The van der Waals surface area contributed by atoms with Gasteiger partial charge in [-0.3, -0.25) is 4.79 Å². The maximum absolute atomic E-state index is 11.7. The second-order valence-corrected chi connectivity index (χ2v) is 4.79. The van der Waals surface area contributed by atoms with E-state index in [0.29, 0.717) is 5.88 Å². The zero-order valence-corrected chi connectivity index (χ0v) is 11.8. The van der Waals surface area contributed by atoms with Crippen molar-refractivity contribution in [1.82, 2.24) is 5.32 Å². The van der Waals surface area contributed by atoms with Gasteiger partial charge in [0.05, 0.1) is 7.11 Å². The summed E-state index contributed by atoms with van der Waals surface area (Å²) in [5.74, 6) is 1.02. The van der Waals surface area contributed by atoms with Crippen molar-refractivity contribution in [2.45, 2.75) is 26.3 Å². The smallest absolute Gasteiger partial charge is 0.224 e. The van der Waals surface area contributed by atoms with Crippen LogP contribution in [0, 0.1) is 5.92 Å². The summed E-state index contributed by atoms with van der Waals surface area (Å²) in [5, 5.41) is 2.95. The zero-order valence-electron chi connectivity index (χ0n) is 11.1. The van der Waals surface area contributed by atoms with E-state index < -0.39 is 0 Å². The van der Waals surface area contributed by atoms with Crippen LogP contribution >= 0.6 is 11.6 Å². The minimum atomic E-state index is -0.160. The van der Waals surface area contributed by atoms with Gasteiger partial charge in [0.1, 0.15) is 5.75 Å². The highest BCUT2D eigenvalue weighted by molar-refractivity contribution is 6.19. The van der Waals surface area contributed by atoms with E-state index in [0.717, 1.165) is 17.7 Å². The number of carbonyl (C=O) groups excluding carboxylic acids is 1. The molecule has 4 heteroatoms. The minimum absolute atomic E-state index is 0.00704. The standard InChI is InChI=1S/C14H20ClNO2/c1-10(9-15)14(17)16-11(2)8-12-6-4-5-7-13(12)18-3/h4-7,10-11H,8-9H2,1-3H3,(H,16,17). The third-order valence-corrected chi connectivity index (χ3v) is 3.25. The quantitative estimate of drug-likeness (QED) is 0.807. The highest BCUT2D eigenvalue weighted by atomic mass is 35.5. The van der Waals surface area contributed by atoms with Crippen molar-refractivity contribution in [3.8, 4) is 5.75 Å². The van der Waals surface area contributed by atoms with E-state index in [4.69, 9.17) is 16.3 Å². The van der Waals surface area contributed by atoms with Crippen LogP contribution in [0.3, 0.4) is 0 Å². The lowest BCUT2D eigenvalue weighted by atomic mass is 10.1. The molecule has 0 spiro atoms. The Hall–Kier alpha value is -1.22. The first kappa shape index (κ1) is 14.8. The number of methoxy groups -OCH3 is 1. The molecule has 2 unspecified atom stereocenters. The fourth-order valence-corrected chi connectivity index (χ4v) is 1.85. The van der Waals surface area contributed by atoms with Gasteiger partial charge in [0.15, 0.2) is 0 Å². The summed E-state index contributed by atoms with van der Waals surface area (Å²) in [6.07, 6.45) is 0.741. The first-order valence-corrected chi connectivity index (χ1v) is 6.60. The number of rotatable bonds is 6. The molecule has 0 aliphatic carbocycles. The molecule has 1 aromatic rings. The molecule has 1 amide bonds. The van der Waals surface area contributed by atoms with Gasteiger partial charge >= 0.3 is 0 Å². The van der Waals surface area contributed by atoms with Crippen LogP contribution in [0.1, 0.15) is 19.4 Å². The molecule has 0 saturated heterocycles. The lowest BCUT2D eigenvalue weighted by Crippen LogP contribution is -2.38. The number of carbonyl (C=O) groups is 1. The van der Waals surface area contributed by atoms with Gasteiger partial charge < -0.3 is 10.1 Å². The third-order valence-electron chi connectivity index (χ3n) is 2.79. The Balaban J connectivity index is 2.59. The minimum Gasteiger partial charge on any atom is -0.496 e. The SMILES string of the molecule is COc1ccccc1CC(C)NC(=O)C(C)CCl. The molecule has 2 atom stereocenters. The normalized spacial score (nSPS) is 13.8. The van der Waals surface area contributed by atoms with E-state index in [1.807, 2.05) is 38.1 Å². The molecule has 0 radical (unpaired) electrons. The van der Waals surface area contributed by atoms with Crippen molar-refractivity contribution in [3.63, 3.8) is 0 Å². The van der Waals surface area contributed by atoms with Gasteiger partial charge in [-0.15, -0.1) is 11.6 Å². The second kappa shape index (κ2) is 7.27. The molecule has 100 valence electrons. The van der Waals surface area contributed by atoms with E-state index in [9.17, 15) is 4.79 Å². The molecule has 18 heavy (non-hydrogen) atoms. The molecule has 1 aromatic carbocycles. The van der Waals surface area contributed by atoms with Crippen LogP contribution in [-0.4, -0.2) is 24.9 Å². The Labute approximate surface area is 113 Å². The number of alkyl halides is 1.